The molecule has 0 saturated carbocycles. The van der Waals surface area contributed by atoms with Crippen LogP contribution in [0.1, 0.15) is 249 Å². The molecule has 103 heavy (non-hydrogen) atoms. The molecule has 2 heterocycles. The molecule has 5 spiro atoms. The van der Waals surface area contributed by atoms with Crippen LogP contribution in [0.2, 0.25) is 24.3 Å². The summed E-state index contributed by atoms with van der Waals surface area (Å²) in [5.41, 5.74) is 39.6. The van der Waals surface area contributed by atoms with Crippen LogP contribution in [0.25, 0.3) is 0 Å². The van der Waals surface area contributed by atoms with Crippen molar-refractivity contribution in [3.8, 4) is 0 Å². The average molecular weight is 1600 g/mol. The first kappa shape index (κ1) is 74.5. The molecule has 0 nitrogen and oxygen atoms in total. The third kappa shape index (κ3) is 8.74. The van der Waals surface area contributed by atoms with Gasteiger partial charge in [0.25, 0.3) is 0 Å². The number of allylic oxidation sites excluding steroid dienone is 32. The van der Waals surface area contributed by atoms with Crippen LogP contribution >= 0.6 is 17.2 Å². The molecular weight excluding hydrogens is 1480 g/mol. The van der Waals surface area contributed by atoms with Crippen LogP contribution in [-0.4, -0.2) is 17.6 Å². The number of hydrogen-bond donors (Lipinski definition) is 0. The fraction of sp³-hybridized carbons (Fsp3) is 0.429. The van der Waals surface area contributed by atoms with E-state index in [0.717, 1.165) is 25.7 Å². The van der Waals surface area contributed by atoms with E-state index in [-0.39, 0.29) is 45.3 Å². The van der Waals surface area contributed by atoms with Gasteiger partial charge in [0.15, 0.2) is 0 Å². The number of halogens is 2. The summed E-state index contributed by atoms with van der Waals surface area (Å²) >= 11 is -8.07. The summed E-state index contributed by atoms with van der Waals surface area (Å²) in [7, 11) is 18.7. The zero-order valence-corrected chi connectivity index (χ0v) is 75.1. The third-order valence-corrected chi connectivity index (χ3v) is 144. The van der Waals surface area contributed by atoms with Gasteiger partial charge in [0.2, 0.25) is 0 Å². The van der Waals surface area contributed by atoms with E-state index in [9.17, 15) is 17.2 Å². The van der Waals surface area contributed by atoms with E-state index in [4.69, 9.17) is 0 Å². The van der Waals surface area contributed by atoms with Crippen LogP contribution < -0.4 is 0 Å². The predicted octanol–water partition coefficient (Wildman–Crippen LogP) is 27.9. The molecule has 0 bridgehead atoms. The Balaban J connectivity index is 1.22. The van der Waals surface area contributed by atoms with Crippen LogP contribution in [0.15, 0.2) is 237 Å². The van der Waals surface area contributed by atoms with E-state index < -0.39 is 43.4 Å². The molecule has 2 aliphatic heterocycles. The molecule has 0 aromatic heterocycles. The standard InChI is InChI=1S/2C49H60Si.2ClH.Hf/c2*1-14-34-28-42-38(36-24-30(3)44(31(4)25-36)48(7,8)9)20-16-18-22-40(42)46(34)50(13)47-35(15-2)29-43-39(21-17-19-23-41(43)47)37-26-32(5)45(33(6)27-37)49(10,11)12;;;/h2*16-29,38-39,50H,14-15H2,1-13H3;2*1H;/q;;;;+2/p-2. The van der Waals surface area contributed by atoms with Gasteiger partial charge in [0, 0.05) is 0 Å². The van der Waals surface area contributed by atoms with E-state index in [0.29, 0.717) is 0 Å². The number of fused-ring (bicyclic) bond motifs is 8. The first-order valence-corrected chi connectivity index (χ1v) is 60.4. The molecular formula is C98H120Cl2HfSi2. The molecule has 4 aromatic carbocycles. The zero-order valence-electron chi connectivity index (χ0n) is 67.7. The van der Waals surface area contributed by atoms with Gasteiger partial charge in [-0.15, -0.1) is 0 Å². The second-order valence-corrected chi connectivity index (χ2v) is 92.2. The van der Waals surface area contributed by atoms with Gasteiger partial charge in [0.05, 0.1) is 0 Å². The summed E-state index contributed by atoms with van der Waals surface area (Å²) in [4.78, 5) is 0. The fourth-order valence-corrected chi connectivity index (χ4v) is 198. The van der Waals surface area contributed by atoms with Gasteiger partial charge in [-0.2, -0.15) is 0 Å². The molecule has 5 heteroatoms. The molecule has 4 aromatic rings. The van der Waals surface area contributed by atoms with Gasteiger partial charge in [0.1, 0.15) is 0 Å². The summed E-state index contributed by atoms with van der Waals surface area (Å²) in [5.74, 6) is -0.126. The van der Waals surface area contributed by atoms with Crippen LogP contribution in [0.4, 0.5) is 0 Å². The van der Waals surface area contributed by atoms with Crippen LogP contribution in [0.3, 0.4) is 0 Å². The Labute approximate surface area is 631 Å². The van der Waals surface area contributed by atoms with E-state index in [1.165, 1.54) is 156 Å². The quantitative estimate of drug-likeness (QED) is 0.154. The summed E-state index contributed by atoms with van der Waals surface area (Å²) in [6.45, 7) is 63.4. The molecule has 0 radical (unpaired) electrons. The zero-order chi connectivity index (χ0) is 74.7. The normalized spacial score (nSPS) is 30.4. The van der Waals surface area contributed by atoms with Crippen LogP contribution in [-0.2, 0) is 36.3 Å². The molecule has 8 aliphatic carbocycles. The van der Waals surface area contributed by atoms with E-state index in [2.05, 4.69) is 349 Å². The number of aryl methyl sites for hydroxylation is 8. The van der Waals surface area contributed by atoms with Crippen molar-refractivity contribution in [3.63, 3.8) is 0 Å². The first-order chi connectivity index (χ1) is 48.2. The van der Waals surface area contributed by atoms with Gasteiger partial charge in [-0.05, 0) is 0 Å². The van der Waals surface area contributed by atoms with Gasteiger partial charge < -0.3 is 0 Å². The average Bonchev–Trinajstić information content (AvgIpc) is 1.52. The molecule has 0 amide bonds. The fourth-order valence-electron chi connectivity index (χ4n) is 27.9. The van der Waals surface area contributed by atoms with Crippen molar-refractivity contribution in [2.24, 2.45) is 0 Å². The topological polar surface area (TPSA) is 0 Å². The molecule has 538 valence electrons. The van der Waals surface area contributed by atoms with E-state index in [1.54, 1.807) is 0 Å². The number of rotatable bonds is 8. The summed E-state index contributed by atoms with van der Waals surface area (Å²) in [6, 6.07) is 20.5. The summed E-state index contributed by atoms with van der Waals surface area (Å²) < 4.78 is -2.82. The van der Waals surface area contributed by atoms with E-state index >= 15 is 0 Å². The van der Waals surface area contributed by atoms with Crippen LogP contribution in [0, 0.1) is 55.4 Å². The first-order valence-electron chi connectivity index (χ1n) is 39.7. The number of benzene rings is 4. The minimum atomic E-state index is -8.07. The molecule has 8 atom stereocenters. The maximum absolute atomic E-state index is 12.0. The van der Waals surface area contributed by atoms with Crippen molar-refractivity contribution in [2.75, 3.05) is 0 Å². The Morgan fingerprint density at radius 2 is 0.485 bits per heavy atom. The van der Waals surface area contributed by atoms with Gasteiger partial charge >= 0.3 is 637 Å². The second kappa shape index (κ2) is 24.1. The molecule has 2 fully saturated rings. The minimum absolute atomic E-state index is 0.00816. The summed E-state index contributed by atoms with van der Waals surface area (Å²) in [5, 5.41) is 0. The Morgan fingerprint density at radius 1 is 0.311 bits per heavy atom. The Bertz CT molecular complexity index is 4280. The van der Waals surface area contributed by atoms with Gasteiger partial charge in [-0.3, -0.25) is 0 Å². The third-order valence-electron chi connectivity index (χ3n) is 28.7. The predicted molar refractivity (Wildman–Crippen MR) is 453 cm³/mol. The Kier molecular flexibility index (Phi) is 17.4. The van der Waals surface area contributed by atoms with E-state index in [1.807, 2.05) is 0 Å². The van der Waals surface area contributed by atoms with Crippen molar-refractivity contribution in [3.05, 3.63) is 326 Å². The van der Waals surface area contributed by atoms with Crippen molar-refractivity contribution in [1.82, 2.24) is 0 Å². The van der Waals surface area contributed by atoms with Crippen LogP contribution in [0.5, 0.6) is 0 Å². The summed E-state index contributed by atoms with van der Waals surface area (Å²) in [6.07, 6.45) is 54.8. The Hall–Kier alpha value is -5.40. The molecule has 14 rings (SSSR count). The van der Waals surface area contributed by atoms with Crippen molar-refractivity contribution in [1.29, 1.82) is 0 Å². The monoisotopic (exact) mass is 1600 g/mol. The van der Waals surface area contributed by atoms with Gasteiger partial charge in [-0.25, -0.2) is 0 Å². The second-order valence-electron chi connectivity index (χ2n) is 37.8. The maximum atomic E-state index is 12.0. The van der Waals surface area contributed by atoms with Gasteiger partial charge in [-0.1, -0.05) is 0 Å². The molecule has 10 aliphatic rings. The molecule has 8 unspecified atom stereocenters. The SMILES string of the molecule is CCC1=CC2=C(C=CC=CC2c2cc(C)c(C(C)(C)C)c(C)c2)[C]12[SiH](C)[C]1(C(CC)=CC3=C1C=CC=CC3c1cc(C)c(C(C)(C)C)c(C)c1)[Hf]21([Cl])([Cl])[C]2(C(CC)=CC3=C2C=CC=CC3c2cc(C)c(C(C)(C)C)c(C)c2)[SiH](C)[C]12C(CC)=CC1=C2C=CC=CC1c1cc(C)c(C(C)(C)C)c(C)c1. The molecule has 2 saturated heterocycles. The van der Waals surface area contributed by atoms with Crippen molar-refractivity contribution in [2.45, 2.75) is 261 Å². The Morgan fingerprint density at radius 3 is 0.641 bits per heavy atom. The van der Waals surface area contributed by atoms with Crippen molar-refractivity contribution >= 4 is 34.7 Å². The van der Waals surface area contributed by atoms with Crippen molar-refractivity contribution < 1.29 is 14.7 Å². The number of hydrogen-bond acceptors (Lipinski definition) is 0. The molecule has 0 N–H and O–H groups in total.